The van der Waals surface area contributed by atoms with Crippen molar-refractivity contribution in [1.29, 1.82) is 0 Å². The summed E-state index contributed by atoms with van der Waals surface area (Å²) in [6.07, 6.45) is 2.72. The minimum Gasteiger partial charge on any atom is -0.463 e. The number of rotatable bonds is 3. The molecular weight excluding hydrogens is 236 g/mol. The number of benzene rings is 1. The van der Waals surface area contributed by atoms with Crippen molar-refractivity contribution in [2.45, 2.75) is 0 Å². The van der Waals surface area contributed by atoms with Crippen LogP contribution in [0.1, 0.15) is 16.1 Å². The predicted octanol–water partition coefficient (Wildman–Crippen LogP) is 2.45. The molecule has 18 heavy (non-hydrogen) atoms. The Balaban J connectivity index is 2.19. The third-order valence-corrected chi connectivity index (χ3v) is 2.16. The Bertz CT molecular complexity index is 602. The van der Waals surface area contributed by atoms with Crippen LogP contribution in [0.15, 0.2) is 52.1 Å². The molecule has 1 aromatic carbocycles. The first-order valence-corrected chi connectivity index (χ1v) is 5.03. The Morgan fingerprint density at radius 3 is 2.83 bits per heavy atom. The zero-order valence-corrected chi connectivity index (χ0v) is 9.15. The second kappa shape index (κ2) is 5.05. The topological polar surface area (TPSA) is 85.7 Å². The Labute approximate surface area is 102 Å². The summed E-state index contributed by atoms with van der Waals surface area (Å²) < 4.78 is 4.97. The zero-order valence-electron chi connectivity index (χ0n) is 9.15. The number of non-ortho nitro benzene ring substituents is 1. The number of carbonyl (C=O) groups excluding carboxylic acids is 1. The van der Waals surface area contributed by atoms with Gasteiger partial charge in [-0.15, -0.1) is 0 Å². The molecule has 90 valence electrons. The number of amides is 1. The number of nitro groups is 1. The van der Waals surface area contributed by atoms with Crippen LogP contribution in [0.4, 0.5) is 5.69 Å². The predicted molar refractivity (Wildman–Crippen MR) is 63.7 cm³/mol. The fraction of sp³-hybridized carbons (Fsp3) is 0. The maximum Gasteiger partial charge on any atom is 0.277 e. The Hall–Kier alpha value is -2.76. The molecule has 6 heteroatoms. The van der Waals surface area contributed by atoms with Crippen molar-refractivity contribution in [2.24, 2.45) is 4.99 Å². The first-order valence-electron chi connectivity index (χ1n) is 5.03. The molecule has 6 nitrogen and oxygen atoms in total. The van der Waals surface area contributed by atoms with Crippen LogP contribution in [0.3, 0.4) is 0 Å². The van der Waals surface area contributed by atoms with E-state index in [1.54, 1.807) is 12.1 Å². The maximum absolute atomic E-state index is 11.7. The normalized spacial score (nSPS) is 10.7. The highest BCUT2D eigenvalue weighted by Gasteiger charge is 2.10. The minimum atomic E-state index is -0.562. The highest BCUT2D eigenvalue weighted by molar-refractivity contribution is 6.01. The van der Waals surface area contributed by atoms with Gasteiger partial charge >= 0.3 is 0 Å². The molecule has 0 saturated carbocycles. The summed E-state index contributed by atoms with van der Waals surface area (Å²) in [5, 5.41) is 10.6. The lowest BCUT2D eigenvalue weighted by Gasteiger charge is -1.95. The van der Waals surface area contributed by atoms with E-state index in [9.17, 15) is 14.9 Å². The molecule has 1 heterocycles. The summed E-state index contributed by atoms with van der Waals surface area (Å²) in [5.41, 5.74) is 0.0149. The number of nitro benzene ring substituents is 1. The van der Waals surface area contributed by atoms with E-state index in [1.165, 1.54) is 36.7 Å². The first kappa shape index (κ1) is 11.7. The number of carbonyl (C=O) groups is 1. The van der Waals surface area contributed by atoms with E-state index >= 15 is 0 Å². The number of hydrogen-bond donors (Lipinski definition) is 0. The lowest BCUT2D eigenvalue weighted by Crippen LogP contribution is -1.97. The zero-order chi connectivity index (χ0) is 13.0. The standard InChI is InChI=1S/C12H8N2O4/c15-12(13-8-11-5-2-6-18-11)9-3-1-4-10(7-9)14(16)17/h1-8H. The molecule has 0 atom stereocenters. The van der Waals surface area contributed by atoms with Gasteiger partial charge < -0.3 is 4.42 Å². The van der Waals surface area contributed by atoms with Crippen LogP contribution >= 0.6 is 0 Å². The number of hydrogen-bond acceptors (Lipinski definition) is 4. The van der Waals surface area contributed by atoms with Gasteiger partial charge in [-0.25, -0.2) is 4.99 Å². The molecule has 1 amide bonds. The monoisotopic (exact) mass is 244 g/mol. The SMILES string of the molecule is O=C(N=Cc1ccco1)c1cccc([N+](=O)[O-])c1. The number of furan rings is 1. The molecule has 0 aliphatic carbocycles. The summed E-state index contributed by atoms with van der Waals surface area (Å²) in [4.78, 5) is 25.3. The van der Waals surface area contributed by atoms with Crippen molar-refractivity contribution >= 4 is 17.8 Å². The summed E-state index contributed by atoms with van der Waals surface area (Å²) in [5.74, 6) is -0.121. The van der Waals surface area contributed by atoms with Crippen LogP contribution in [0.5, 0.6) is 0 Å². The highest BCUT2D eigenvalue weighted by atomic mass is 16.6. The second-order valence-electron chi connectivity index (χ2n) is 3.39. The van der Waals surface area contributed by atoms with Gasteiger partial charge in [-0.2, -0.15) is 0 Å². The summed E-state index contributed by atoms with van der Waals surface area (Å²) in [7, 11) is 0. The van der Waals surface area contributed by atoms with E-state index in [1.807, 2.05) is 0 Å². The maximum atomic E-state index is 11.7. The summed E-state index contributed by atoms with van der Waals surface area (Å²) in [6.45, 7) is 0. The smallest absolute Gasteiger partial charge is 0.277 e. The van der Waals surface area contributed by atoms with Gasteiger partial charge in [0.1, 0.15) is 5.76 Å². The van der Waals surface area contributed by atoms with Gasteiger partial charge in [-0.1, -0.05) is 6.07 Å². The molecule has 2 rings (SSSR count). The third kappa shape index (κ3) is 2.67. The van der Waals surface area contributed by atoms with E-state index in [2.05, 4.69) is 4.99 Å². The Morgan fingerprint density at radius 2 is 2.17 bits per heavy atom. The van der Waals surface area contributed by atoms with Crippen molar-refractivity contribution in [2.75, 3.05) is 0 Å². The third-order valence-electron chi connectivity index (χ3n) is 2.16. The minimum absolute atomic E-state index is 0.144. The summed E-state index contributed by atoms with van der Waals surface area (Å²) in [6, 6.07) is 8.71. The molecule has 0 radical (unpaired) electrons. The average molecular weight is 244 g/mol. The molecule has 0 N–H and O–H groups in total. The van der Waals surface area contributed by atoms with Gasteiger partial charge in [0.05, 0.1) is 17.4 Å². The number of aliphatic imine (C=N–C) groups is 1. The fourth-order valence-electron chi connectivity index (χ4n) is 1.31. The van der Waals surface area contributed by atoms with Crippen molar-refractivity contribution in [3.8, 4) is 0 Å². The van der Waals surface area contributed by atoms with Crippen LogP contribution in [-0.4, -0.2) is 17.0 Å². The van der Waals surface area contributed by atoms with E-state index in [0.717, 1.165) is 0 Å². The molecule has 0 fully saturated rings. The molecule has 2 aromatic rings. The number of nitrogens with zero attached hydrogens (tertiary/aromatic N) is 2. The molecule has 0 aliphatic rings. The van der Waals surface area contributed by atoms with E-state index in [0.29, 0.717) is 5.76 Å². The van der Waals surface area contributed by atoms with Gasteiger partial charge in [-0.05, 0) is 18.2 Å². The molecule has 0 aliphatic heterocycles. The lowest BCUT2D eigenvalue weighted by atomic mass is 10.2. The van der Waals surface area contributed by atoms with Gasteiger partial charge in [-0.3, -0.25) is 14.9 Å². The first-order chi connectivity index (χ1) is 8.66. The lowest BCUT2D eigenvalue weighted by molar-refractivity contribution is -0.384. The van der Waals surface area contributed by atoms with Crippen LogP contribution < -0.4 is 0 Å². The van der Waals surface area contributed by atoms with Gasteiger partial charge in [0.25, 0.3) is 11.6 Å². The quantitative estimate of drug-likeness (QED) is 0.471. The Morgan fingerprint density at radius 1 is 1.33 bits per heavy atom. The van der Waals surface area contributed by atoms with E-state index in [-0.39, 0.29) is 11.3 Å². The average Bonchev–Trinajstić information content (AvgIpc) is 2.89. The van der Waals surface area contributed by atoms with Gasteiger partial charge in [0.2, 0.25) is 0 Å². The van der Waals surface area contributed by atoms with Crippen LogP contribution in [-0.2, 0) is 0 Å². The van der Waals surface area contributed by atoms with E-state index in [4.69, 9.17) is 4.42 Å². The van der Waals surface area contributed by atoms with Crippen molar-refractivity contribution in [3.05, 3.63) is 64.1 Å². The molecule has 1 aromatic heterocycles. The molecule has 0 saturated heterocycles. The molecule has 0 bridgehead atoms. The molecule has 0 spiro atoms. The van der Waals surface area contributed by atoms with Crippen molar-refractivity contribution in [1.82, 2.24) is 0 Å². The summed E-state index contributed by atoms with van der Waals surface area (Å²) >= 11 is 0. The highest BCUT2D eigenvalue weighted by Crippen LogP contribution is 2.13. The van der Waals surface area contributed by atoms with Crippen LogP contribution in [0, 0.1) is 10.1 Å². The van der Waals surface area contributed by atoms with E-state index < -0.39 is 10.8 Å². The Kier molecular flexibility index (Phi) is 3.29. The molecular formula is C12H8N2O4. The largest absolute Gasteiger partial charge is 0.463 e. The van der Waals surface area contributed by atoms with Gasteiger partial charge in [0.15, 0.2) is 0 Å². The van der Waals surface area contributed by atoms with Crippen LogP contribution in [0.2, 0.25) is 0 Å². The van der Waals surface area contributed by atoms with Crippen molar-refractivity contribution in [3.63, 3.8) is 0 Å². The van der Waals surface area contributed by atoms with Crippen LogP contribution in [0.25, 0.3) is 0 Å². The molecule has 0 unspecified atom stereocenters. The van der Waals surface area contributed by atoms with Crippen molar-refractivity contribution < 1.29 is 14.1 Å². The fourth-order valence-corrected chi connectivity index (χ4v) is 1.31. The second-order valence-corrected chi connectivity index (χ2v) is 3.39. The van der Waals surface area contributed by atoms with Gasteiger partial charge in [0, 0.05) is 17.7 Å².